The monoisotopic (exact) mass is 606 g/mol. The van der Waals surface area contributed by atoms with Gasteiger partial charge < -0.3 is 14.6 Å². The van der Waals surface area contributed by atoms with Crippen LogP contribution in [-0.4, -0.2) is 46.8 Å². The van der Waals surface area contributed by atoms with Gasteiger partial charge in [0, 0.05) is 6.04 Å². The first-order chi connectivity index (χ1) is 16.9. The fraction of sp³-hybridized carbons (Fsp3) is 0.346. The molecule has 0 spiro atoms. The molecule has 7 nitrogen and oxygen atoms in total. The highest BCUT2D eigenvalue weighted by Crippen LogP contribution is 2.41. The molecule has 2 aromatic rings. The summed E-state index contributed by atoms with van der Waals surface area (Å²) < 4.78 is 11.5. The van der Waals surface area contributed by atoms with Gasteiger partial charge in [-0.3, -0.25) is 9.69 Å². The van der Waals surface area contributed by atoms with Gasteiger partial charge in [0.2, 0.25) is 0 Å². The number of para-hydroxylation sites is 1. The summed E-state index contributed by atoms with van der Waals surface area (Å²) in [5, 5.41) is 9.65. The van der Waals surface area contributed by atoms with Gasteiger partial charge in [0.1, 0.15) is 0 Å². The molecule has 0 unspecified atom stereocenters. The molecule has 1 aliphatic heterocycles. The second-order valence-corrected chi connectivity index (χ2v) is 10.7. The Balaban J connectivity index is 1.70. The van der Waals surface area contributed by atoms with Crippen LogP contribution in [0.15, 0.2) is 52.4 Å². The molecule has 0 bridgehead atoms. The van der Waals surface area contributed by atoms with Crippen molar-refractivity contribution in [2.45, 2.75) is 38.6 Å². The minimum absolute atomic E-state index is 0.0383. The molecule has 2 aromatic carbocycles. The summed E-state index contributed by atoms with van der Waals surface area (Å²) in [6, 6.07) is 13.4. The van der Waals surface area contributed by atoms with E-state index in [0.29, 0.717) is 31.1 Å². The number of hydrogen-bond donors (Lipinski definition) is 1. The van der Waals surface area contributed by atoms with Gasteiger partial charge in [0.15, 0.2) is 23.3 Å². The van der Waals surface area contributed by atoms with Crippen LogP contribution in [0, 0.1) is 9.49 Å². The number of carboxylic acids is 1. The van der Waals surface area contributed by atoms with E-state index < -0.39 is 12.6 Å². The molecule has 1 saturated carbocycles. The lowest BCUT2D eigenvalue weighted by Crippen LogP contribution is -2.44. The van der Waals surface area contributed by atoms with Crippen LogP contribution in [-0.2, 0) is 9.59 Å². The number of rotatable bonds is 7. The van der Waals surface area contributed by atoms with Crippen molar-refractivity contribution >= 4 is 63.2 Å². The fourth-order valence-electron chi connectivity index (χ4n) is 4.40. The summed E-state index contributed by atoms with van der Waals surface area (Å²) in [6.45, 7) is 1.75. The van der Waals surface area contributed by atoms with Gasteiger partial charge in [-0.05, 0) is 89.0 Å². The lowest BCUT2D eigenvalue weighted by molar-refractivity contribution is -0.139. The number of hydrogen-bond acceptors (Lipinski definition) is 6. The number of carbonyl (C=O) groups excluding carboxylic acids is 1. The van der Waals surface area contributed by atoms with Crippen LogP contribution in [0.2, 0.25) is 0 Å². The minimum Gasteiger partial charge on any atom is -0.493 e. The van der Waals surface area contributed by atoms with Crippen LogP contribution in [0.1, 0.15) is 38.2 Å². The van der Waals surface area contributed by atoms with Gasteiger partial charge in [0.05, 0.1) is 21.3 Å². The van der Waals surface area contributed by atoms with E-state index in [0.717, 1.165) is 30.5 Å². The van der Waals surface area contributed by atoms with Crippen molar-refractivity contribution in [3.8, 4) is 11.5 Å². The summed E-state index contributed by atoms with van der Waals surface area (Å²) in [7, 11) is 1.50. The average molecular weight is 606 g/mol. The Kier molecular flexibility index (Phi) is 8.38. The first kappa shape index (κ1) is 25.6. The third kappa shape index (κ3) is 6.00. The highest BCUT2D eigenvalue weighted by Gasteiger charge is 2.41. The van der Waals surface area contributed by atoms with E-state index in [9.17, 15) is 9.59 Å². The van der Waals surface area contributed by atoms with Crippen molar-refractivity contribution in [1.82, 2.24) is 4.90 Å². The number of carboxylic acid groups (broad SMARTS) is 1. The molecular formula is C26H27IN2O5S. The molecule has 2 atom stereocenters. The minimum atomic E-state index is -1.07. The number of amides is 1. The second-order valence-electron chi connectivity index (χ2n) is 8.56. The van der Waals surface area contributed by atoms with E-state index >= 15 is 0 Å². The lowest BCUT2D eigenvalue weighted by Gasteiger charge is -2.35. The molecule has 2 fully saturated rings. The Labute approximate surface area is 222 Å². The smallest absolute Gasteiger partial charge is 0.341 e. The number of methoxy groups -OCH3 is 1. The molecule has 2 aliphatic rings. The van der Waals surface area contributed by atoms with Gasteiger partial charge in [-0.1, -0.05) is 38.0 Å². The van der Waals surface area contributed by atoms with E-state index in [4.69, 9.17) is 19.6 Å². The molecule has 1 N–H and O–H groups in total. The summed E-state index contributed by atoms with van der Waals surface area (Å²) in [5.41, 5.74) is 1.58. The molecule has 1 aliphatic carbocycles. The van der Waals surface area contributed by atoms with Gasteiger partial charge in [-0.25, -0.2) is 9.79 Å². The van der Waals surface area contributed by atoms with Gasteiger partial charge >= 0.3 is 5.97 Å². The first-order valence-corrected chi connectivity index (χ1v) is 13.4. The normalized spacial score (nSPS) is 22.6. The number of ether oxygens (including phenoxy) is 2. The maximum Gasteiger partial charge on any atom is 0.341 e. The van der Waals surface area contributed by atoms with Gasteiger partial charge in [-0.15, -0.1) is 0 Å². The zero-order valence-corrected chi connectivity index (χ0v) is 22.5. The third-order valence-electron chi connectivity index (χ3n) is 6.11. The molecular weight excluding hydrogens is 579 g/mol. The molecule has 184 valence electrons. The maximum absolute atomic E-state index is 13.7. The summed E-state index contributed by atoms with van der Waals surface area (Å²) in [5.74, 6) is 0.0802. The van der Waals surface area contributed by atoms with Crippen LogP contribution >= 0.6 is 34.4 Å². The highest BCUT2D eigenvalue weighted by molar-refractivity contribution is 14.1. The molecule has 0 aromatic heterocycles. The van der Waals surface area contributed by atoms with Crippen LogP contribution in [0.5, 0.6) is 11.5 Å². The number of amidine groups is 1. The van der Waals surface area contributed by atoms with Gasteiger partial charge in [0.25, 0.3) is 5.91 Å². The molecule has 35 heavy (non-hydrogen) atoms. The van der Waals surface area contributed by atoms with Crippen molar-refractivity contribution in [3.63, 3.8) is 0 Å². The second kappa shape index (κ2) is 11.5. The number of nitrogens with zero attached hydrogens (tertiary/aromatic N) is 2. The van der Waals surface area contributed by atoms with E-state index in [1.807, 2.05) is 47.4 Å². The average Bonchev–Trinajstić information content (AvgIpc) is 3.13. The Bertz CT molecular complexity index is 1170. The Morgan fingerprint density at radius 2 is 2.00 bits per heavy atom. The maximum atomic E-state index is 13.7. The fourth-order valence-corrected chi connectivity index (χ4v) is 6.22. The van der Waals surface area contributed by atoms with Gasteiger partial charge in [-0.2, -0.15) is 0 Å². The van der Waals surface area contributed by atoms with Crippen molar-refractivity contribution < 1.29 is 24.2 Å². The van der Waals surface area contributed by atoms with Crippen molar-refractivity contribution in [1.29, 1.82) is 0 Å². The molecule has 1 heterocycles. The number of aliphatic imine (C=N–C) groups is 1. The van der Waals surface area contributed by atoms with Crippen LogP contribution in [0.3, 0.4) is 0 Å². The zero-order valence-electron chi connectivity index (χ0n) is 19.6. The summed E-state index contributed by atoms with van der Waals surface area (Å²) in [4.78, 5) is 31.9. The van der Waals surface area contributed by atoms with E-state index in [-0.39, 0.29) is 11.9 Å². The summed E-state index contributed by atoms with van der Waals surface area (Å²) in [6.07, 6.45) is 6.20. The number of aliphatic carboxylic acids is 1. The number of carbonyl (C=O) groups is 2. The Morgan fingerprint density at radius 3 is 2.69 bits per heavy atom. The SMILES string of the molecule is COc1cc(/C=C2\SC(=Nc3ccccc3)N([C@H]3CCCC[C@@H]3C)C2=O)cc(I)c1OCC(=O)O. The number of benzene rings is 2. The van der Waals surface area contributed by atoms with E-state index in [1.54, 1.807) is 6.07 Å². The molecule has 4 rings (SSSR count). The van der Waals surface area contributed by atoms with Crippen molar-refractivity contribution in [2.75, 3.05) is 13.7 Å². The quantitative estimate of drug-likeness (QED) is 0.310. The van der Waals surface area contributed by atoms with Crippen LogP contribution < -0.4 is 9.47 Å². The largest absolute Gasteiger partial charge is 0.493 e. The third-order valence-corrected chi connectivity index (χ3v) is 7.89. The molecule has 0 radical (unpaired) electrons. The van der Waals surface area contributed by atoms with Crippen LogP contribution in [0.25, 0.3) is 6.08 Å². The first-order valence-electron chi connectivity index (χ1n) is 11.5. The number of thioether (sulfide) groups is 1. The standard InChI is InChI=1S/C26H27IN2O5S/c1-16-8-6-7-11-20(16)29-25(32)22(35-26(29)28-18-9-4-3-5-10-18)14-17-12-19(27)24(21(13-17)33-2)34-15-23(30)31/h3-5,9-10,12-14,16,20H,6-8,11,15H2,1-2H3,(H,30,31)/b22-14-,28-26?/t16-,20-/m0/s1. The highest BCUT2D eigenvalue weighted by atomic mass is 127. The number of halogens is 1. The molecule has 1 saturated heterocycles. The lowest BCUT2D eigenvalue weighted by atomic mass is 9.85. The van der Waals surface area contributed by atoms with Crippen molar-refractivity contribution in [2.24, 2.45) is 10.9 Å². The topological polar surface area (TPSA) is 88.4 Å². The van der Waals surface area contributed by atoms with E-state index in [2.05, 4.69) is 29.5 Å². The van der Waals surface area contributed by atoms with Crippen LogP contribution in [0.4, 0.5) is 5.69 Å². The molecule has 1 amide bonds. The van der Waals surface area contributed by atoms with Crippen molar-refractivity contribution in [3.05, 3.63) is 56.5 Å². The predicted molar refractivity (Wildman–Crippen MR) is 146 cm³/mol. The van der Waals surface area contributed by atoms with E-state index in [1.165, 1.54) is 25.3 Å². The predicted octanol–water partition coefficient (Wildman–Crippen LogP) is 5.95. The Morgan fingerprint density at radius 1 is 1.26 bits per heavy atom. The summed E-state index contributed by atoms with van der Waals surface area (Å²) >= 11 is 3.47. The molecule has 9 heteroatoms. The zero-order chi connectivity index (χ0) is 24.9. The Hall–Kier alpha value is -2.53.